The minimum Gasteiger partial charge on any atom is -0.207 e. The molecule has 1 fully saturated rings. The van der Waals surface area contributed by atoms with Crippen LogP contribution in [0.3, 0.4) is 0 Å². The molecule has 0 amide bonds. The lowest BCUT2D eigenvalue weighted by molar-refractivity contribution is 0.628. The van der Waals surface area contributed by atoms with E-state index in [1.165, 1.54) is 16.2 Å². The van der Waals surface area contributed by atoms with Crippen LogP contribution in [-0.4, -0.2) is 9.19 Å². The van der Waals surface area contributed by atoms with Gasteiger partial charge in [-0.3, -0.25) is 0 Å². The minimum absolute atomic E-state index is 0.0980. The third-order valence-corrected chi connectivity index (χ3v) is 4.17. The maximum atomic E-state index is 12.9. The van der Waals surface area contributed by atoms with Gasteiger partial charge in [0.1, 0.15) is 11.5 Å². The second kappa shape index (κ2) is 4.66. The van der Waals surface area contributed by atoms with E-state index in [9.17, 15) is 8.28 Å². The van der Waals surface area contributed by atoms with Crippen LogP contribution >= 0.6 is 28.3 Å². The molecule has 94 valence electrons. The molecule has 0 atom stereocenters. The first kappa shape index (κ1) is 12.2. The second-order valence-corrected chi connectivity index (χ2v) is 5.55. The average molecular weight is 331 g/mol. The number of rotatable bonds is 3. The summed E-state index contributed by atoms with van der Waals surface area (Å²) in [5, 5.41) is 4.22. The van der Waals surface area contributed by atoms with Crippen LogP contribution < -0.4 is 0 Å². The monoisotopic (exact) mass is 330 g/mol. The lowest BCUT2D eigenvalue weighted by atomic mass is 10.1. The third kappa shape index (κ3) is 2.07. The van der Waals surface area contributed by atoms with Crippen LogP contribution in [0.2, 0.25) is 0 Å². The number of hydrogen-bond donors (Lipinski definition) is 0. The molecule has 18 heavy (non-hydrogen) atoms. The van der Waals surface area contributed by atoms with Gasteiger partial charge in [0.05, 0.1) is 10.2 Å². The second-order valence-electron chi connectivity index (χ2n) is 4.27. The van der Waals surface area contributed by atoms with Crippen molar-refractivity contribution >= 4 is 28.3 Å². The Hall–Kier alpha value is -0.880. The molecule has 0 radical (unpaired) electrons. The number of aromatic nitrogens is 2. The number of benzene rings is 1. The van der Waals surface area contributed by atoms with Gasteiger partial charge in [-0.05, 0) is 53.0 Å². The molecule has 1 aromatic carbocycles. The van der Waals surface area contributed by atoms with Crippen molar-refractivity contribution in [3.63, 3.8) is 0 Å². The van der Waals surface area contributed by atoms with Crippen molar-refractivity contribution in [2.24, 2.45) is 0 Å². The molecule has 2 aromatic rings. The maximum absolute atomic E-state index is 12.9. The summed E-state index contributed by atoms with van der Waals surface area (Å²) in [5.74, 6) is 0.0842. The average Bonchev–Trinajstić information content (AvgIpc) is 3.15. The summed E-state index contributed by atoms with van der Waals surface area (Å²) in [4.78, 5) is 0. The Labute approximate surface area is 116 Å². The molecule has 0 unspecified atom stereocenters. The van der Waals surface area contributed by atoms with E-state index in [2.05, 4.69) is 21.0 Å². The van der Waals surface area contributed by atoms with Crippen LogP contribution in [0.5, 0.6) is 0 Å². The van der Waals surface area contributed by atoms with Crippen LogP contribution in [0.1, 0.15) is 24.5 Å². The summed E-state index contributed by atoms with van der Waals surface area (Å²) in [6.07, 6.45) is 2.13. The van der Waals surface area contributed by atoms with Gasteiger partial charge in [-0.2, -0.15) is 9.19 Å². The highest BCUT2D eigenvalue weighted by molar-refractivity contribution is 9.10. The highest BCUT2D eigenvalue weighted by atomic mass is 79.9. The van der Waals surface area contributed by atoms with Gasteiger partial charge in [0, 0.05) is 11.5 Å². The van der Waals surface area contributed by atoms with Crippen LogP contribution in [0.15, 0.2) is 28.7 Å². The number of hydrogen-bond acceptors (Lipinski definition) is 2. The summed E-state index contributed by atoms with van der Waals surface area (Å²) in [5.41, 5.74) is 2.31. The molecule has 0 N–H and O–H groups in total. The van der Waals surface area contributed by atoms with Crippen LogP contribution in [0.4, 0.5) is 8.28 Å². The quantitative estimate of drug-likeness (QED) is 0.811. The molecular formula is C12H9BrF2N2S. The predicted molar refractivity (Wildman–Crippen MR) is 71.4 cm³/mol. The van der Waals surface area contributed by atoms with Gasteiger partial charge < -0.3 is 0 Å². The Kier molecular flexibility index (Phi) is 3.15. The third-order valence-electron chi connectivity index (χ3n) is 2.98. The van der Waals surface area contributed by atoms with E-state index in [0.717, 1.165) is 28.6 Å². The smallest absolute Gasteiger partial charge is 0.187 e. The number of nitrogens with zero attached hydrogens (tertiary/aromatic N) is 2. The van der Waals surface area contributed by atoms with E-state index in [0.29, 0.717) is 11.6 Å². The fourth-order valence-corrected chi connectivity index (χ4v) is 3.28. The zero-order chi connectivity index (χ0) is 12.7. The highest BCUT2D eigenvalue weighted by Gasteiger charge is 2.32. The van der Waals surface area contributed by atoms with Crippen molar-refractivity contribution in [2.45, 2.75) is 18.8 Å². The fraction of sp³-hybridized carbons (Fsp3) is 0.250. The molecule has 0 bridgehead atoms. The fourth-order valence-electron chi connectivity index (χ4n) is 1.93. The molecule has 1 aromatic heterocycles. The molecule has 6 heteroatoms. The van der Waals surface area contributed by atoms with Gasteiger partial charge in [0.15, 0.2) is 12.3 Å². The van der Waals surface area contributed by atoms with Gasteiger partial charge in [0.2, 0.25) is 0 Å². The molecule has 3 rings (SSSR count). The zero-order valence-corrected chi connectivity index (χ0v) is 11.6. The Morgan fingerprint density at radius 1 is 1.28 bits per heavy atom. The first-order chi connectivity index (χ1) is 8.70. The van der Waals surface area contributed by atoms with Crippen LogP contribution in [-0.2, 0) is 0 Å². The maximum Gasteiger partial charge on any atom is 0.187 e. The standard InChI is InChI=1S/C12H9BrF2N2S/c13-10-11(7-3-5-9(14)6-4-7)16-17(18-15)12(10)8-1-2-8/h3-6,8H,1-2H2. The Bertz CT molecular complexity index is 579. The van der Waals surface area contributed by atoms with Gasteiger partial charge in [0.25, 0.3) is 0 Å². The van der Waals surface area contributed by atoms with Crippen molar-refractivity contribution < 1.29 is 8.28 Å². The Morgan fingerprint density at radius 2 is 1.94 bits per heavy atom. The van der Waals surface area contributed by atoms with Crippen molar-refractivity contribution in [1.82, 2.24) is 9.19 Å². The molecule has 2 nitrogen and oxygen atoms in total. The first-order valence-electron chi connectivity index (χ1n) is 5.54. The van der Waals surface area contributed by atoms with Gasteiger partial charge in [-0.15, -0.1) is 3.89 Å². The summed E-state index contributed by atoms with van der Waals surface area (Å²) in [6.45, 7) is 0. The van der Waals surface area contributed by atoms with Gasteiger partial charge >= 0.3 is 0 Å². The van der Waals surface area contributed by atoms with Crippen molar-refractivity contribution in [3.8, 4) is 11.3 Å². The van der Waals surface area contributed by atoms with Gasteiger partial charge in [-0.25, -0.2) is 4.39 Å². The van der Waals surface area contributed by atoms with E-state index in [1.807, 2.05) is 0 Å². The number of halogens is 3. The summed E-state index contributed by atoms with van der Waals surface area (Å²) in [7, 11) is 0. The molecule has 0 aliphatic heterocycles. The van der Waals surface area contributed by atoms with E-state index >= 15 is 0 Å². The Morgan fingerprint density at radius 3 is 2.50 bits per heavy atom. The van der Waals surface area contributed by atoms with E-state index < -0.39 is 0 Å². The molecule has 1 saturated carbocycles. The van der Waals surface area contributed by atoms with E-state index in [1.54, 1.807) is 12.1 Å². The summed E-state index contributed by atoms with van der Waals surface area (Å²) < 4.78 is 27.9. The van der Waals surface area contributed by atoms with Crippen molar-refractivity contribution in [3.05, 3.63) is 40.2 Å². The van der Waals surface area contributed by atoms with Crippen molar-refractivity contribution in [1.29, 1.82) is 0 Å². The molecule has 1 aliphatic rings. The van der Waals surface area contributed by atoms with Crippen LogP contribution in [0.25, 0.3) is 11.3 Å². The predicted octanol–water partition coefficient (Wildman–Crippen LogP) is 4.71. The largest absolute Gasteiger partial charge is 0.207 e. The molecule has 0 saturated heterocycles. The van der Waals surface area contributed by atoms with Gasteiger partial charge in [-0.1, -0.05) is 0 Å². The molecule has 1 heterocycles. The lowest BCUT2D eigenvalue weighted by Gasteiger charge is -1.98. The van der Waals surface area contributed by atoms with Crippen LogP contribution in [0, 0.1) is 5.82 Å². The minimum atomic E-state index is -0.295. The van der Waals surface area contributed by atoms with E-state index in [4.69, 9.17) is 0 Å². The topological polar surface area (TPSA) is 17.8 Å². The molecular weight excluding hydrogens is 322 g/mol. The lowest BCUT2D eigenvalue weighted by Crippen LogP contribution is -1.92. The summed E-state index contributed by atoms with van der Waals surface area (Å²) in [6, 6.07) is 6.04. The zero-order valence-electron chi connectivity index (χ0n) is 9.24. The SMILES string of the molecule is FSn1nc(-c2ccc(F)cc2)c(Br)c1C1CC1. The molecule has 0 spiro atoms. The normalized spacial score (nSPS) is 15.1. The summed E-state index contributed by atoms with van der Waals surface area (Å²) >= 11 is 3.58. The molecule has 1 aliphatic carbocycles. The highest BCUT2D eigenvalue weighted by Crippen LogP contribution is 2.47. The Balaban J connectivity index is 2.09. The van der Waals surface area contributed by atoms with Crippen molar-refractivity contribution in [2.75, 3.05) is 0 Å². The van der Waals surface area contributed by atoms with E-state index in [-0.39, 0.29) is 18.2 Å². The first-order valence-corrected chi connectivity index (χ1v) is 7.01.